The molecule has 2 rings (SSSR count). The van der Waals surface area contributed by atoms with Crippen LogP contribution in [0, 0.1) is 5.82 Å². The lowest BCUT2D eigenvalue weighted by molar-refractivity contribution is -0.133. The minimum atomic E-state index is -0.682. The summed E-state index contributed by atoms with van der Waals surface area (Å²) in [6.45, 7) is 2.17. The highest BCUT2D eigenvalue weighted by atomic mass is 79.9. The van der Waals surface area contributed by atoms with Gasteiger partial charge < -0.3 is 23.8 Å². The molecule has 0 saturated heterocycles. The van der Waals surface area contributed by atoms with Gasteiger partial charge in [-0.3, -0.25) is 4.79 Å². The number of halogens is 2. The Morgan fingerprint density at radius 2 is 1.81 bits per heavy atom. The maximum absolute atomic E-state index is 13.8. The van der Waals surface area contributed by atoms with Gasteiger partial charge in [0.25, 0.3) is 5.91 Å². The monoisotopic (exact) mass is 497 g/mol. The molecule has 31 heavy (non-hydrogen) atoms. The summed E-state index contributed by atoms with van der Waals surface area (Å²) in [5.41, 5.74) is 0.789. The quantitative estimate of drug-likeness (QED) is 0.457. The van der Waals surface area contributed by atoms with Crippen molar-refractivity contribution in [3.63, 3.8) is 0 Å². The summed E-state index contributed by atoms with van der Waals surface area (Å²) in [6, 6.07) is 7.48. The van der Waals surface area contributed by atoms with Crippen molar-refractivity contribution >= 4 is 27.8 Å². The molecule has 0 N–H and O–H groups in total. The van der Waals surface area contributed by atoms with Crippen LogP contribution in [0.4, 0.5) is 4.39 Å². The molecule has 0 radical (unpaired) electrons. The third-order valence-electron chi connectivity index (χ3n) is 4.30. The third-order valence-corrected chi connectivity index (χ3v) is 4.89. The van der Waals surface area contributed by atoms with Crippen LogP contribution in [0.25, 0.3) is 0 Å². The van der Waals surface area contributed by atoms with Gasteiger partial charge in [-0.15, -0.1) is 0 Å². The highest BCUT2D eigenvalue weighted by molar-refractivity contribution is 9.10. The van der Waals surface area contributed by atoms with E-state index in [0.29, 0.717) is 28.1 Å². The van der Waals surface area contributed by atoms with Crippen LogP contribution in [-0.4, -0.2) is 51.3 Å². The molecule has 0 saturated carbocycles. The van der Waals surface area contributed by atoms with E-state index in [1.54, 1.807) is 12.1 Å². The zero-order valence-corrected chi connectivity index (χ0v) is 19.5. The molecular weight excluding hydrogens is 473 g/mol. The summed E-state index contributed by atoms with van der Waals surface area (Å²) >= 11 is 3.37. The standard InChI is InChI=1S/C22H25BrFNO6/c1-5-8-30-21-16(23)10-15(11-19(21)29-4)22(27)31-13-20(26)25(2)12-14-6-7-18(28-3)17(24)9-14/h6-7,9-11H,5,8,12-13H2,1-4H3. The smallest absolute Gasteiger partial charge is 0.338 e. The van der Waals surface area contributed by atoms with E-state index < -0.39 is 24.3 Å². The van der Waals surface area contributed by atoms with Crippen LogP contribution < -0.4 is 14.2 Å². The molecule has 0 aliphatic heterocycles. The van der Waals surface area contributed by atoms with Crippen LogP contribution >= 0.6 is 15.9 Å². The number of esters is 1. The Hall–Kier alpha value is -2.81. The van der Waals surface area contributed by atoms with Gasteiger partial charge in [0.15, 0.2) is 29.7 Å². The van der Waals surface area contributed by atoms with E-state index >= 15 is 0 Å². The summed E-state index contributed by atoms with van der Waals surface area (Å²) < 4.78 is 35.3. The van der Waals surface area contributed by atoms with Crippen molar-refractivity contribution in [1.29, 1.82) is 0 Å². The molecular formula is C22H25BrFNO6. The molecule has 0 aromatic heterocycles. The number of rotatable bonds is 10. The molecule has 0 aliphatic carbocycles. The first kappa shape index (κ1) is 24.5. The van der Waals surface area contributed by atoms with Gasteiger partial charge >= 0.3 is 5.97 Å². The molecule has 7 nitrogen and oxygen atoms in total. The fourth-order valence-electron chi connectivity index (χ4n) is 2.67. The number of likely N-dealkylation sites (N-methyl/N-ethyl adjacent to an activating group) is 1. The molecule has 2 aromatic rings. The normalized spacial score (nSPS) is 10.4. The predicted molar refractivity (Wildman–Crippen MR) is 116 cm³/mol. The zero-order valence-electron chi connectivity index (χ0n) is 17.9. The van der Waals surface area contributed by atoms with Crippen molar-refractivity contribution in [2.45, 2.75) is 19.9 Å². The van der Waals surface area contributed by atoms with Crippen molar-refractivity contribution in [3.8, 4) is 17.2 Å². The van der Waals surface area contributed by atoms with Gasteiger partial charge in [-0.25, -0.2) is 9.18 Å². The van der Waals surface area contributed by atoms with Crippen LogP contribution in [0.3, 0.4) is 0 Å². The summed E-state index contributed by atoms with van der Waals surface area (Å²) in [6.07, 6.45) is 0.818. The Kier molecular flexibility index (Phi) is 9.11. The van der Waals surface area contributed by atoms with Crippen LogP contribution in [0.2, 0.25) is 0 Å². The number of methoxy groups -OCH3 is 2. The summed E-state index contributed by atoms with van der Waals surface area (Å²) in [5, 5.41) is 0. The number of amides is 1. The SMILES string of the molecule is CCCOc1c(Br)cc(C(=O)OCC(=O)N(C)Cc2ccc(OC)c(F)c2)cc1OC. The molecule has 0 heterocycles. The second-order valence-electron chi connectivity index (χ2n) is 6.63. The molecule has 0 unspecified atom stereocenters. The van der Waals surface area contributed by atoms with Crippen molar-refractivity contribution < 1.29 is 32.9 Å². The van der Waals surface area contributed by atoms with Gasteiger partial charge in [0.05, 0.1) is 30.9 Å². The topological polar surface area (TPSA) is 74.3 Å². The lowest BCUT2D eigenvalue weighted by Gasteiger charge is -2.18. The molecule has 0 fully saturated rings. The maximum atomic E-state index is 13.8. The van der Waals surface area contributed by atoms with E-state index in [2.05, 4.69) is 15.9 Å². The zero-order chi connectivity index (χ0) is 23.0. The van der Waals surface area contributed by atoms with Crippen molar-refractivity contribution in [2.24, 2.45) is 0 Å². The minimum Gasteiger partial charge on any atom is -0.494 e. The van der Waals surface area contributed by atoms with Crippen molar-refractivity contribution in [1.82, 2.24) is 4.90 Å². The lowest BCUT2D eigenvalue weighted by Crippen LogP contribution is -2.30. The third kappa shape index (κ3) is 6.58. The van der Waals surface area contributed by atoms with Crippen LogP contribution in [0.5, 0.6) is 17.2 Å². The Balaban J connectivity index is 1.99. The van der Waals surface area contributed by atoms with Crippen LogP contribution in [0.1, 0.15) is 29.3 Å². The van der Waals surface area contributed by atoms with E-state index in [1.165, 1.54) is 44.4 Å². The first-order chi connectivity index (χ1) is 14.8. The van der Waals surface area contributed by atoms with E-state index in [1.807, 2.05) is 6.92 Å². The molecule has 2 aromatic carbocycles. The number of benzene rings is 2. The summed E-state index contributed by atoms with van der Waals surface area (Å²) in [7, 11) is 4.38. The van der Waals surface area contributed by atoms with Crippen molar-refractivity contribution in [2.75, 3.05) is 34.5 Å². The van der Waals surface area contributed by atoms with Gasteiger partial charge in [0, 0.05) is 13.6 Å². The summed E-state index contributed by atoms with van der Waals surface area (Å²) in [4.78, 5) is 26.1. The fourth-order valence-corrected chi connectivity index (χ4v) is 3.23. The maximum Gasteiger partial charge on any atom is 0.338 e. The van der Waals surface area contributed by atoms with E-state index in [0.717, 1.165) is 6.42 Å². The largest absolute Gasteiger partial charge is 0.494 e. The lowest BCUT2D eigenvalue weighted by atomic mass is 10.2. The van der Waals surface area contributed by atoms with Crippen LogP contribution in [-0.2, 0) is 16.1 Å². The second-order valence-corrected chi connectivity index (χ2v) is 7.49. The highest BCUT2D eigenvalue weighted by Crippen LogP contribution is 2.37. The minimum absolute atomic E-state index is 0.124. The number of carbonyl (C=O) groups is 2. The number of nitrogens with zero attached hydrogens (tertiary/aromatic N) is 1. The number of ether oxygens (including phenoxy) is 4. The Bertz CT molecular complexity index is 936. The molecule has 0 spiro atoms. The predicted octanol–water partition coefficient (Wildman–Crippen LogP) is 4.21. The van der Waals surface area contributed by atoms with Crippen LogP contribution in [0.15, 0.2) is 34.8 Å². The Labute approximate surface area is 189 Å². The van der Waals surface area contributed by atoms with Gasteiger partial charge in [0.1, 0.15) is 0 Å². The van der Waals surface area contributed by atoms with E-state index in [9.17, 15) is 14.0 Å². The Morgan fingerprint density at radius 3 is 2.42 bits per heavy atom. The fraction of sp³-hybridized carbons (Fsp3) is 0.364. The molecule has 9 heteroatoms. The summed E-state index contributed by atoms with van der Waals surface area (Å²) in [5.74, 6) is -0.641. The average molecular weight is 498 g/mol. The first-order valence-corrected chi connectivity index (χ1v) is 10.3. The molecule has 0 bridgehead atoms. The van der Waals surface area contributed by atoms with Gasteiger partial charge in [-0.2, -0.15) is 0 Å². The van der Waals surface area contributed by atoms with E-state index in [-0.39, 0.29) is 17.9 Å². The molecule has 1 amide bonds. The number of hydrogen-bond donors (Lipinski definition) is 0. The molecule has 0 aliphatic rings. The van der Waals surface area contributed by atoms with Gasteiger partial charge in [-0.05, 0) is 52.2 Å². The van der Waals surface area contributed by atoms with Crippen molar-refractivity contribution in [3.05, 3.63) is 51.7 Å². The first-order valence-electron chi connectivity index (χ1n) is 9.54. The number of carbonyl (C=O) groups excluding carboxylic acids is 2. The average Bonchev–Trinajstić information content (AvgIpc) is 2.75. The molecule has 0 atom stereocenters. The number of hydrogen-bond acceptors (Lipinski definition) is 6. The Morgan fingerprint density at radius 1 is 1.10 bits per heavy atom. The highest BCUT2D eigenvalue weighted by Gasteiger charge is 2.19. The van der Waals surface area contributed by atoms with E-state index in [4.69, 9.17) is 18.9 Å². The van der Waals surface area contributed by atoms with Gasteiger partial charge in [0.2, 0.25) is 0 Å². The van der Waals surface area contributed by atoms with Gasteiger partial charge in [-0.1, -0.05) is 13.0 Å². The molecule has 168 valence electrons. The second kappa shape index (κ2) is 11.5.